The molecule has 31 heavy (non-hydrogen) atoms. The van der Waals surface area contributed by atoms with E-state index < -0.39 is 5.97 Å². The summed E-state index contributed by atoms with van der Waals surface area (Å²) in [5, 5.41) is 0. The Balaban J connectivity index is 1.64. The summed E-state index contributed by atoms with van der Waals surface area (Å²) in [5.41, 5.74) is 3.44. The van der Waals surface area contributed by atoms with E-state index in [0.29, 0.717) is 35.6 Å². The van der Waals surface area contributed by atoms with Crippen molar-refractivity contribution in [3.8, 4) is 5.75 Å². The highest BCUT2D eigenvalue weighted by molar-refractivity contribution is 6.00. The highest BCUT2D eigenvalue weighted by Gasteiger charge is 2.19. The van der Waals surface area contributed by atoms with E-state index in [4.69, 9.17) is 14.2 Å². The predicted octanol–water partition coefficient (Wildman–Crippen LogP) is 4.37. The van der Waals surface area contributed by atoms with Crippen LogP contribution in [0.15, 0.2) is 60.7 Å². The van der Waals surface area contributed by atoms with Gasteiger partial charge in [-0.15, -0.1) is 0 Å². The molecule has 0 aliphatic rings. The number of para-hydroxylation sites is 1. The van der Waals surface area contributed by atoms with Gasteiger partial charge in [-0.2, -0.15) is 0 Å². The second kappa shape index (κ2) is 10.6. The molecular weight excluding hydrogens is 394 g/mol. The van der Waals surface area contributed by atoms with Gasteiger partial charge >= 0.3 is 5.97 Å². The normalized spacial score (nSPS) is 10.7. The van der Waals surface area contributed by atoms with Crippen molar-refractivity contribution in [1.29, 1.82) is 0 Å². The number of nitrogens with zero attached hydrogens (tertiary/aromatic N) is 1. The van der Waals surface area contributed by atoms with Crippen LogP contribution in [-0.2, 0) is 22.6 Å². The Morgan fingerprint density at radius 2 is 1.65 bits per heavy atom. The Bertz CT molecular complexity index is 1040. The maximum atomic E-state index is 12.7. The van der Waals surface area contributed by atoms with Crippen molar-refractivity contribution in [3.05, 3.63) is 88.7 Å². The van der Waals surface area contributed by atoms with Gasteiger partial charge in [0, 0.05) is 36.2 Å². The fraction of sp³-hybridized carbons (Fsp3) is 0.280. The maximum absolute atomic E-state index is 12.7. The predicted molar refractivity (Wildman–Crippen MR) is 118 cm³/mol. The van der Waals surface area contributed by atoms with E-state index in [9.17, 15) is 9.59 Å². The Hall–Kier alpha value is -3.38. The number of methoxy groups -OCH3 is 1. The number of carbonyl (C=O) groups excluding carboxylic acids is 2. The van der Waals surface area contributed by atoms with Gasteiger partial charge in [-0.05, 0) is 38.1 Å². The standard InChI is InChI=1S/C25H27NO5/c1-18-15-23(19(2)26(18)13-14-29-3)24(27)17-31-25(28)22-12-8-7-9-20(22)16-30-21-10-5-4-6-11-21/h4-12,15H,13-14,16-17H2,1-3H3. The minimum Gasteiger partial charge on any atom is -0.489 e. The van der Waals surface area contributed by atoms with Gasteiger partial charge < -0.3 is 18.8 Å². The smallest absolute Gasteiger partial charge is 0.338 e. The summed E-state index contributed by atoms with van der Waals surface area (Å²) in [6.45, 7) is 4.95. The molecule has 3 rings (SSSR count). The molecular formula is C25H27NO5. The summed E-state index contributed by atoms with van der Waals surface area (Å²) < 4.78 is 18.2. The zero-order valence-corrected chi connectivity index (χ0v) is 18.1. The summed E-state index contributed by atoms with van der Waals surface area (Å²) >= 11 is 0. The lowest BCUT2D eigenvalue weighted by atomic mass is 10.1. The molecule has 0 atom stereocenters. The molecule has 0 unspecified atom stereocenters. The van der Waals surface area contributed by atoms with Crippen LogP contribution >= 0.6 is 0 Å². The van der Waals surface area contributed by atoms with E-state index in [2.05, 4.69) is 0 Å². The molecule has 0 saturated heterocycles. The number of ketones is 1. The number of rotatable bonds is 10. The average Bonchev–Trinajstić information content (AvgIpc) is 3.08. The molecule has 0 radical (unpaired) electrons. The number of hydrogen-bond donors (Lipinski definition) is 0. The van der Waals surface area contributed by atoms with Crippen molar-refractivity contribution in [3.63, 3.8) is 0 Å². The molecule has 0 saturated carbocycles. The molecule has 0 spiro atoms. The number of Topliss-reactive ketones (excluding diaryl/α,β-unsaturated/α-hetero) is 1. The van der Waals surface area contributed by atoms with Crippen molar-refractivity contribution < 1.29 is 23.8 Å². The lowest BCUT2D eigenvalue weighted by Crippen LogP contribution is -2.17. The van der Waals surface area contributed by atoms with Crippen molar-refractivity contribution >= 4 is 11.8 Å². The highest BCUT2D eigenvalue weighted by Crippen LogP contribution is 2.18. The lowest BCUT2D eigenvalue weighted by Gasteiger charge is -2.11. The minimum absolute atomic E-state index is 0.226. The lowest BCUT2D eigenvalue weighted by molar-refractivity contribution is 0.0472. The first-order valence-electron chi connectivity index (χ1n) is 10.1. The first-order valence-corrected chi connectivity index (χ1v) is 10.1. The van der Waals surface area contributed by atoms with Crippen molar-refractivity contribution in [1.82, 2.24) is 4.57 Å². The minimum atomic E-state index is -0.547. The van der Waals surface area contributed by atoms with Gasteiger partial charge in [-0.1, -0.05) is 36.4 Å². The van der Waals surface area contributed by atoms with Crippen molar-refractivity contribution in [2.75, 3.05) is 20.3 Å². The van der Waals surface area contributed by atoms with Gasteiger partial charge in [0.2, 0.25) is 5.78 Å². The van der Waals surface area contributed by atoms with Crippen molar-refractivity contribution in [2.45, 2.75) is 27.0 Å². The van der Waals surface area contributed by atoms with Gasteiger partial charge in [0.25, 0.3) is 0 Å². The van der Waals surface area contributed by atoms with Gasteiger partial charge in [-0.25, -0.2) is 4.79 Å². The van der Waals surface area contributed by atoms with E-state index in [1.165, 1.54) is 0 Å². The third-order valence-corrected chi connectivity index (χ3v) is 5.10. The van der Waals surface area contributed by atoms with Crippen LogP contribution in [0.2, 0.25) is 0 Å². The first-order chi connectivity index (χ1) is 15.0. The van der Waals surface area contributed by atoms with Crippen LogP contribution in [0.25, 0.3) is 0 Å². The largest absolute Gasteiger partial charge is 0.489 e. The highest BCUT2D eigenvalue weighted by atomic mass is 16.5. The SMILES string of the molecule is COCCn1c(C)cc(C(=O)COC(=O)c2ccccc2COc2ccccc2)c1C. The molecule has 0 amide bonds. The van der Waals surface area contributed by atoms with Crippen molar-refractivity contribution in [2.24, 2.45) is 0 Å². The third kappa shape index (κ3) is 5.61. The summed E-state index contributed by atoms with van der Waals surface area (Å²) in [5.74, 6) is -0.0679. The van der Waals surface area contributed by atoms with Crippen LogP contribution < -0.4 is 4.74 Å². The number of benzene rings is 2. The van der Waals surface area contributed by atoms with E-state index in [-0.39, 0.29) is 19.0 Å². The van der Waals surface area contributed by atoms with Crippen LogP contribution in [0.4, 0.5) is 0 Å². The molecule has 0 bridgehead atoms. The van der Waals surface area contributed by atoms with E-state index in [1.807, 2.05) is 66.9 Å². The maximum Gasteiger partial charge on any atom is 0.338 e. The molecule has 1 aromatic heterocycles. The number of aromatic nitrogens is 1. The van der Waals surface area contributed by atoms with Gasteiger partial charge in [-0.3, -0.25) is 4.79 Å². The molecule has 3 aromatic rings. The second-order valence-corrected chi connectivity index (χ2v) is 7.19. The van der Waals surface area contributed by atoms with E-state index in [1.54, 1.807) is 19.2 Å². The molecule has 0 fully saturated rings. The zero-order valence-electron chi connectivity index (χ0n) is 18.1. The third-order valence-electron chi connectivity index (χ3n) is 5.10. The molecule has 6 nitrogen and oxygen atoms in total. The Labute approximate surface area is 182 Å². The Morgan fingerprint density at radius 3 is 2.39 bits per heavy atom. The first kappa shape index (κ1) is 22.3. The molecule has 1 heterocycles. The number of ether oxygens (including phenoxy) is 3. The summed E-state index contributed by atoms with van der Waals surface area (Å²) in [6, 6.07) is 18.3. The fourth-order valence-corrected chi connectivity index (χ4v) is 3.42. The van der Waals surface area contributed by atoms with Crippen LogP contribution in [0.1, 0.15) is 37.7 Å². The Kier molecular flexibility index (Phi) is 7.62. The van der Waals surface area contributed by atoms with Crippen LogP contribution in [0, 0.1) is 13.8 Å². The van der Waals surface area contributed by atoms with Gasteiger partial charge in [0.05, 0.1) is 12.2 Å². The van der Waals surface area contributed by atoms with Gasteiger partial charge in [0.1, 0.15) is 12.4 Å². The monoisotopic (exact) mass is 421 g/mol. The topological polar surface area (TPSA) is 66.8 Å². The molecule has 0 aliphatic heterocycles. The molecule has 0 N–H and O–H groups in total. The average molecular weight is 421 g/mol. The van der Waals surface area contributed by atoms with Crippen LogP contribution in [0.5, 0.6) is 5.75 Å². The molecule has 2 aromatic carbocycles. The summed E-state index contributed by atoms with van der Waals surface area (Å²) in [6.07, 6.45) is 0. The number of hydrogen-bond acceptors (Lipinski definition) is 5. The fourth-order valence-electron chi connectivity index (χ4n) is 3.42. The summed E-state index contributed by atoms with van der Waals surface area (Å²) in [4.78, 5) is 25.3. The molecule has 162 valence electrons. The van der Waals surface area contributed by atoms with Crippen LogP contribution in [0.3, 0.4) is 0 Å². The molecule has 0 aliphatic carbocycles. The number of aryl methyl sites for hydroxylation is 1. The molecule has 6 heteroatoms. The van der Waals surface area contributed by atoms with E-state index >= 15 is 0 Å². The van der Waals surface area contributed by atoms with Gasteiger partial charge in [0.15, 0.2) is 6.61 Å². The second-order valence-electron chi connectivity index (χ2n) is 7.19. The summed E-state index contributed by atoms with van der Waals surface area (Å²) in [7, 11) is 1.64. The van der Waals surface area contributed by atoms with E-state index in [0.717, 1.165) is 11.4 Å². The number of esters is 1. The van der Waals surface area contributed by atoms with Crippen LogP contribution in [-0.4, -0.2) is 36.6 Å². The Morgan fingerprint density at radius 1 is 0.935 bits per heavy atom. The number of carbonyl (C=O) groups is 2. The quantitative estimate of drug-likeness (QED) is 0.359. The zero-order chi connectivity index (χ0) is 22.2.